The maximum Gasteiger partial charge on any atom is 0.325 e. The number of amides is 2. The van der Waals surface area contributed by atoms with Gasteiger partial charge in [0.1, 0.15) is 5.75 Å². The van der Waals surface area contributed by atoms with E-state index in [-0.39, 0.29) is 12.1 Å². The highest BCUT2D eigenvalue weighted by molar-refractivity contribution is 6.30. The minimum absolute atomic E-state index is 0.0870. The summed E-state index contributed by atoms with van der Waals surface area (Å²) in [4.78, 5) is 14.4. The Balaban J connectivity index is 1.81. The van der Waals surface area contributed by atoms with Crippen molar-refractivity contribution in [1.29, 1.82) is 0 Å². The van der Waals surface area contributed by atoms with Crippen molar-refractivity contribution >= 4 is 23.3 Å². The zero-order valence-corrected chi connectivity index (χ0v) is 13.7. The Hall–Kier alpha value is -2.20. The number of benzene rings is 2. The fourth-order valence-electron chi connectivity index (χ4n) is 3.50. The molecule has 2 aliphatic heterocycles. The lowest BCUT2D eigenvalue weighted by molar-refractivity contribution is 0.0379. The number of halogens is 1. The van der Waals surface area contributed by atoms with Crippen LogP contribution in [0, 0.1) is 6.92 Å². The van der Waals surface area contributed by atoms with E-state index in [0.29, 0.717) is 11.4 Å². The summed E-state index contributed by atoms with van der Waals surface area (Å²) in [6.45, 7) is 3.97. The largest absolute Gasteiger partial charge is 0.467 e. The molecule has 0 aromatic heterocycles. The highest BCUT2D eigenvalue weighted by Gasteiger charge is 2.49. The molecule has 23 heavy (non-hydrogen) atoms. The first-order valence-corrected chi connectivity index (χ1v) is 8.00. The van der Waals surface area contributed by atoms with E-state index < -0.39 is 5.72 Å². The van der Waals surface area contributed by atoms with Gasteiger partial charge in [-0.1, -0.05) is 23.7 Å². The summed E-state index contributed by atoms with van der Waals surface area (Å²) >= 11 is 6.09. The number of urea groups is 1. The maximum atomic E-state index is 12.7. The van der Waals surface area contributed by atoms with Crippen molar-refractivity contribution in [1.82, 2.24) is 5.32 Å². The summed E-state index contributed by atoms with van der Waals surface area (Å²) in [5.41, 5.74) is 2.15. The first-order valence-electron chi connectivity index (χ1n) is 7.62. The lowest BCUT2D eigenvalue weighted by Gasteiger charge is -2.50. The lowest BCUT2D eigenvalue weighted by atomic mass is 9.90. The molecule has 1 N–H and O–H groups in total. The summed E-state index contributed by atoms with van der Waals surface area (Å²) < 4.78 is 6.23. The molecule has 118 valence electrons. The third-order valence-electron chi connectivity index (χ3n) is 4.49. The number of rotatable bonds is 1. The van der Waals surface area contributed by atoms with E-state index >= 15 is 0 Å². The van der Waals surface area contributed by atoms with E-state index in [1.54, 1.807) is 4.90 Å². The molecular weight excluding hydrogens is 312 g/mol. The fraction of sp³-hybridized carbons (Fsp3) is 0.278. The van der Waals surface area contributed by atoms with E-state index in [9.17, 15) is 4.79 Å². The molecule has 4 rings (SSSR count). The van der Waals surface area contributed by atoms with Gasteiger partial charge in [-0.25, -0.2) is 4.79 Å². The summed E-state index contributed by atoms with van der Waals surface area (Å²) in [7, 11) is 0. The van der Waals surface area contributed by atoms with E-state index in [1.807, 2.05) is 56.3 Å². The maximum absolute atomic E-state index is 12.7. The topological polar surface area (TPSA) is 41.6 Å². The van der Waals surface area contributed by atoms with Gasteiger partial charge in [0, 0.05) is 22.7 Å². The van der Waals surface area contributed by atoms with Crippen molar-refractivity contribution in [2.45, 2.75) is 32.0 Å². The lowest BCUT2D eigenvalue weighted by Crippen LogP contribution is -2.65. The minimum Gasteiger partial charge on any atom is -0.467 e. The van der Waals surface area contributed by atoms with Gasteiger partial charge in [-0.2, -0.15) is 0 Å². The Kier molecular flexibility index (Phi) is 3.07. The van der Waals surface area contributed by atoms with Crippen LogP contribution >= 0.6 is 11.6 Å². The molecule has 2 heterocycles. The number of anilines is 1. The third-order valence-corrected chi connectivity index (χ3v) is 4.73. The molecule has 0 saturated carbocycles. The zero-order chi connectivity index (χ0) is 16.2. The van der Waals surface area contributed by atoms with Gasteiger partial charge in [0.05, 0.1) is 6.04 Å². The molecule has 2 bridgehead atoms. The van der Waals surface area contributed by atoms with Gasteiger partial charge < -0.3 is 10.1 Å². The Bertz CT molecular complexity index is 807. The van der Waals surface area contributed by atoms with Crippen molar-refractivity contribution in [2.24, 2.45) is 0 Å². The number of hydrogen-bond acceptors (Lipinski definition) is 2. The molecule has 4 nitrogen and oxygen atoms in total. The molecule has 0 unspecified atom stereocenters. The van der Waals surface area contributed by atoms with Crippen LogP contribution in [0.2, 0.25) is 5.02 Å². The first kappa shape index (κ1) is 14.4. The summed E-state index contributed by atoms with van der Waals surface area (Å²) in [6.07, 6.45) is 0.667. The molecule has 2 atom stereocenters. The van der Waals surface area contributed by atoms with Crippen LogP contribution < -0.4 is 15.0 Å². The van der Waals surface area contributed by atoms with Crippen LogP contribution in [0.5, 0.6) is 5.75 Å². The van der Waals surface area contributed by atoms with Crippen LogP contribution in [0.3, 0.4) is 0 Å². The minimum atomic E-state index is -0.721. The van der Waals surface area contributed by atoms with Crippen molar-refractivity contribution in [3.8, 4) is 5.75 Å². The second-order valence-corrected chi connectivity index (χ2v) is 6.78. The van der Waals surface area contributed by atoms with Gasteiger partial charge in [-0.05, 0) is 49.7 Å². The summed E-state index contributed by atoms with van der Waals surface area (Å²) in [5.74, 6) is 0.769. The Morgan fingerprint density at radius 3 is 2.91 bits per heavy atom. The van der Waals surface area contributed by atoms with E-state index in [0.717, 1.165) is 22.6 Å². The SMILES string of the molecule is Cc1cccc(N2C(=O)N[C@H]3C[C@]2(C)Oc2ccc(Cl)cc23)c1. The predicted molar refractivity (Wildman–Crippen MR) is 90.0 cm³/mol. The van der Waals surface area contributed by atoms with E-state index in [1.165, 1.54) is 0 Å². The smallest absolute Gasteiger partial charge is 0.325 e. The van der Waals surface area contributed by atoms with Crippen LogP contribution in [0.25, 0.3) is 0 Å². The Morgan fingerprint density at radius 1 is 1.30 bits per heavy atom. The number of ether oxygens (including phenoxy) is 1. The quantitative estimate of drug-likeness (QED) is 0.842. The molecule has 2 amide bonds. The Morgan fingerprint density at radius 2 is 2.13 bits per heavy atom. The molecule has 1 fully saturated rings. The van der Waals surface area contributed by atoms with Gasteiger partial charge >= 0.3 is 6.03 Å². The number of nitrogens with one attached hydrogen (secondary N) is 1. The van der Waals surface area contributed by atoms with Gasteiger partial charge in [-0.15, -0.1) is 0 Å². The fourth-order valence-corrected chi connectivity index (χ4v) is 3.68. The van der Waals surface area contributed by atoms with Gasteiger partial charge in [0.25, 0.3) is 0 Å². The second-order valence-electron chi connectivity index (χ2n) is 6.34. The number of hydrogen-bond donors (Lipinski definition) is 1. The number of aryl methyl sites for hydroxylation is 1. The number of carbonyl (C=O) groups is 1. The standard InChI is InChI=1S/C18H17ClN2O2/c1-11-4-3-5-13(8-11)21-17(22)20-15-10-18(21,2)23-16-7-6-12(19)9-14(15)16/h3-9,15H,10H2,1-2H3,(H,20,22)/t15-,18-/m0/s1. The highest BCUT2D eigenvalue weighted by atomic mass is 35.5. The van der Waals surface area contributed by atoms with E-state index in [4.69, 9.17) is 16.3 Å². The van der Waals surface area contributed by atoms with Crippen LogP contribution in [0.4, 0.5) is 10.5 Å². The van der Waals surface area contributed by atoms with E-state index in [2.05, 4.69) is 5.32 Å². The zero-order valence-electron chi connectivity index (χ0n) is 13.0. The average Bonchev–Trinajstić information content (AvgIpc) is 2.47. The van der Waals surface area contributed by atoms with Gasteiger partial charge in [0.2, 0.25) is 0 Å². The van der Waals surface area contributed by atoms with Crippen molar-refractivity contribution in [3.63, 3.8) is 0 Å². The number of nitrogens with zero attached hydrogens (tertiary/aromatic N) is 1. The molecule has 0 spiro atoms. The van der Waals surface area contributed by atoms with Crippen LogP contribution in [0.1, 0.15) is 30.5 Å². The van der Waals surface area contributed by atoms with Gasteiger partial charge in [-0.3, -0.25) is 4.90 Å². The molecule has 0 aliphatic carbocycles. The molecule has 0 radical (unpaired) electrons. The molecular formula is C18H17ClN2O2. The second kappa shape index (κ2) is 4.90. The molecule has 2 aromatic carbocycles. The van der Waals surface area contributed by atoms with Crippen molar-refractivity contribution in [2.75, 3.05) is 4.90 Å². The number of carbonyl (C=O) groups excluding carboxylic acids is 1. The normalized spacial score (nSPS) is 25.4. The van der Waals surface area contributed by atoms with Gasteiger partial charge in [0.15, 0.2) is 5.72 Å². The highest BCUT2D eigenvalue weighted by Crippen LogP contribution is 2.46. The summed E-state index contributed by atoms with van der Waals surface area (Å²) in [5, 5.41) is 3.72. The molecule has 5 heteroatoms. The molecule has 2 aliphatic rings. The van der Waals surface area contributed by atoms with Crippen molar-refractivity contribution in [3.05, 3.63) is 58.6 Å². The average molecular weight is 329 g/mol. The van der Waals surface area contributed by atoms with Crippen LogP contribution in [0.15, 0.2) is 42.5 Å². The molecule has 1 saturated heterocycles. The van der Waals surface area contributed by atoms with Crippen LogP contribution in [-0.4, -0.2) is 11.8 Å². The first-order chi connectivity index (χ1) is 11.0. The summed E-state index contributed by atoms with van der Waals surface area (Å²) in [6, 6.07) is 13.2. The predicted octanol–water partition coefficient (Wildman–Crippen LogP) is 4.42. The number of fused-ring (bicyclic) bond motifs is 4. The third kappa shape index (κ3) is 2.25. The molecule has 2 aromatic rings. The Labute approximate surface area is 140 Å². The van der Waals surface area contributed by atoms with Crippen molar-refractivity contribution < 1.29 is 9.53 Å². The van der Waals surface area contributed by atoms with Crippen LogP contribution in [-0.2, 0) is 0 Å². The monoisotopic (exact) mass is 328 g/mol.